The summed E-state index contributed by atoms with van der Waals surface area (Å²) in [6.45, 7) is 7.66. The number of ether oxygens (including phenoxy) is 2. The van der Waals surface area contributed by atoms with Gasteiger partial charge in [-0.1, -0.05) is 38.1 Å². The number of aromatic nitrogens is 2. The molecule has 2 aliphatic carbocycles. The number of hydrogen-bond acceptors (Lipinski definition) is 14. The molecule has 0 bridgehead atoms. The Morgan fingerprint density at radius 2 is 1.76 bits per heavy atom. The topological polar surface area (TPSA) is 226 Å². The van der Waals surface area contributed by atoms with Crippen molar-refractivity contribution in [3.8, 4) is 17.2 Å². The highest BCUT2D eigenvalue weighted by Gasteiger charge is 2.52. The summed E-state index contributed by atoms with van der Waals surface area (Å²) in [5.74, 6) is -1.09. The number of nitrogens with one attached hydrogen (secondary N) is 3. The van der Waals surface area contributed by atoms with Gasteiger partial charge in [0.1, 0.15) is 39.4 Å². The van der Waals surface area contributed by atoms with Gasteiger partial charge in [-0.3, -0.25) is 19.8 Å². The van der Waals surface area contributed by atoms with Gasteiger partial charge in [0, 0.05) is 67.6 Å². The quantitative estimate of drug-likeness (QED) is 0.0639. The molecule has 3 aromatic carbocycles. The number of H-pyrrole nitrogens is 1. The average Bonchev–Trinajstić information content (AvgIpc) is 3.91. The second-order valence-electron chi connectivity index (χ2n) is 21.5. The largest absolute Gasteiger partial charge is 0.489 e. The Bertz CT molecular complexity index is 3140. The Labute approximate surface area is 419 Å². The van der Waals surface area contributed by atoms with Crippen LogP contribution in [0.15, 0.2) is 78.0 Å². The lowest BCUT2D eigenvalue weighted by Crippen LogP contribution is -2.57. The Hall–Kier alpha value is -5.83. The van der Waals surface area contributed by atoms with E-state index >= 15 is 0 Å². The number of nitro benzene ring substituents is 1. The van der Waals surface area contributed by atoms with E-state index in [0.29, 0.717) is 50.4 Å². The molecule has 17 nitrogen and oxygen atoms in total. The minimum Gasteiger partial charge on any atom is -0.489 e. The number of nitro groups is 1. The van der Waals surface area contributed by atoms with Gasteiger partial charge in [-0.2, -0.15) is 0 Å². The molecule has 4 fully saturated rings. The standard InChI is InChI=1S/C52H62FN7O10S2/c1-31(2)38-7-5-6-8-39(38)44-12-10-34(30-71(4,65)66)59(44)35-25-52(26-35)17-19-58(20-18-52)33-9-11-40(46(21-33)70-36-22-41-42(53)28-55-49(41)54-27-36)50(61)57-72(67,68)37-23-45(60(63)64)48-47(24-37)69-29-43(56-48)32-13-15-51(3,62)16-14-32/h5-9,11,21-24,27-28,31-32,34-35,43-44,56,62H,10,12-20,25-26,29-30H2,1-4H3,(H,54,55)(H,57,61)/t32-,34-,43-,44+,51-/m1/s1. The van der Waals surface area contributed by atoms with E-state index in [-0.39, 0.29) is 87.4 Å². The monoisotopic (exact) mass is 1030 g/mol. The molecule has 4 N–H and O–H groups in total. The molecule has 0 unspecified atom stereocenters. The van der Waals surface area contributed by atoms with Crippen molar-refractivity contribution in [2.24, 2.45) is 11.3 Å². The lowest BCUT2D eigenvalue weighted by Gasteiger charge is -2.57. The fraction of sp³-hybridized carbons (Fsp3) is 0.500. The molecule has 10 rings (SSSR count). The lowest BCUT2D eigenvalue weighted by molar-refractivity contribution is -0.384. The minimum absolute atomic E-state index is 0.0285. The summed E-state index contributed by atoms with van der Waals surface area (Å²) >= 11 is 0. The zero-order valence-corrected chi connectivity index (χ0v) is 42.5. The first-order valence-corrected chi connectivity index (χ1v) is 28.4. The first-order chi connectivity index (χ1) is 34.1. The molecule has 20 heteroatoms. The van der Waals surface area contributed by atoms with Crippen molar-refractivity contribution in [3.05, 3.63) is 106 Å². The number of anilines is 2. The number of rotatable bonds is 13. The van der Waals surface area contributed by atoms with Gasteiger partial charge in [-0.15, -0.1) is 0 Å². The zero-order valence-electron chi connectivity index (χ0n) is 40.9. The van der Waals surface area contributed by atoms with Gasteiger partial charge in [0.2, 0.25) is 0 Å². The number of fused-ring (bicyclic) bond motifs is 2. The van der Waals surface area contributed by atoms with Crippen molar-refractivity contribution in [1.29, 1.82) is 0 Å². The minimum atomic E-state index is -4.75. The van der Waals surface area contributed by atoms with Crippen molar-refractivity contribution in [1.82, 2.24) is 19.6 Å². The van der Waals surface area contributed by atoms with Crippen molar-refractivity contribution in [2.75, 3.05) is 41.9 Å². The normalized spacial score (nSPS) is 24.6. The average molecular weight is 1030 g/mol. The van der Waals surface area contributed by atoms with Gasteiger partial charge < -0.3 is 29.8 Å². The van der Waals surface area contributed by atoms with E-state index in [0.717, 1.165) is 56.9 Å². The summed E-state index contributed by atoms with van der Waals surface area (Å²) < 4.78 is 82.4. The molecular formula is C52H62FN7O10S2. The van der Waals surface area contributed by atoms with Crippen LogP contribution in [0.2, 0.25) is 0 Å². The van der Waals surface area contributed by atoms with Crippen LogP contribution in [0.3, 0.4) is 0 Å². The van der Waals surface area contributed by atoms with E-state index in [4.69, 9.17) is 9.47 Å². The summed E-state index contributed by atoms with van der Waals surface area (Å²) in [5.41, 5.74) is 2.20. The van der Waals surface area contributed by atoms with E-state index in [1.165, 1.54) is 35.7 Å². The summed E-state index contributed by atoms with van der Waals surface area (Å²) in [7, 11) is -7.96. The van der Waals surface area contributed by atoms with Gasteiger partial charge in [-0.05, 0) is 118 Å². The van der Waals surface area contributed by atoms with E-state index in [2.05, 4.69) is 67.9 Å². The predicted octanol–water partition coefficient (Wildman–Crippen LogP) is 8.76. The fourth-order valence-corrected chi connectivity index (χ4v) is 14.3. The van der Waals surface area contributed by atoms with Crippen LogP contribution in [0.25, 0.3) is 11.0 Å². The molecule has 5 aromatic rings. The van der Waals surface area contributed by atoms with Gasteiger partial charge in [0.15, 0.2) is 11.4 Å². The number of amides is 1. The number of sulfone groups is 1. The second kappa shape index (κ2) is 18.9. The first-order valence-electron chi connectivity index (χ1n) is 24.9. The van der Waals surface area contributed by atoms with Crippen LogP contribution in [0.1, 0.15) is 118 Å². The maximum absolute atomic E-state index is 14.7. The number of carbonyl (C=O) groups excluding carboxylic acids is 1. The molecule has 3 atom stereocenters. The third-order valence-electron chi connectivity index (χ3n) is 16.1. The number of aliphatic hydroxyl groups is 1. The van der Waals surface area contributed by atoms with Crippen LogP contribution in [0.5, 0.6) is 17.2 Å². The van der Waals surface area contributed by atoms with Gasteiger partial charge in [-0.25, -0.2) is 30.9 Å². The smallest absolute Gasteiger partial charge is 0.297 e. The summed E-state index contributed by atoms with van der Waals surface area (Å²) in [5, 5.41) is 26.2. The number of pyridine rings is 1. The van der Waals surface area contributed by atoms with Crippen LogP contribution in [0.4, 0.5) is 21.5 Å². The van der Waals surface area contributed by atoms with Crippen LogP contribution < -0.4 is 24.4 Å². The SMILES string of the molecule is CC(C)c1ccccc1[C@@H]1CC[C@H](CS(C)(=O)=O)N1C1CC2(CCN(c3ccc(C(=O)NS(=O)(=O)c4cc5c(c([N+](=O)[O-])c4)N[C@@H]([C@H]4CC[C@](C)(O)CC4)CO5)c(Oc4cnc5[nH]cc(F)c5c4)c3)CC2)C1. The Kier molecular flexibility index (Phi) is 13.1. The Balaban J connectivity index is 0.874. The molecule has 0 radical (unpaired) electrons. The number of carbonyl (C=O) groups is 1. The number of aromatic amines is 1. The zero-order chi connectivity index (χ0) is 50.9. The van der Waals surface area contributed by atoms with Gasteiger partial charge in [0.25, 0.3) is 21.6 Å². The van der Waals surface area contributed by atoms with Crippen LogP contribution in [-0.4, -0.2) is 103 Å². The second-order valence-corrected chi connectivity index (χ2v) is 25.4. The molecule has 5 aliphatic rings. The molecular weight excluding hydrogens is 966 g/mol. The number of sulfonamides is 1. The van der Waals surface area contributed by atoms with Crippen molar-refractivity contribution in [2.45, 2.75) is 126 Å². The van der Waals surface area contributed by atoms with E-state index in [1.54, 1.807) is 19.1 Å². The number of likely N-dealkylation sites (tertiary alicyclic amines) is 1. The first kappa shape index (κ1) is 49.7. The Morgan fingerprint density at radius 3 is 2.47 bits per heavy atom. The third kappa shape index (κ3) is 9.98. The summed E-state index contributed by atoms with van der Waals surface area (Å²) in [4.78, 5) is 37.0. The molecule has 384 valence electrons. The molecule has 5 heterocycles. The van der Waals surface area contributed by atoms with Crippen molar-refractivity contribution < 1.29 is 45.5 Å². The molecule has 72 heavy (non-hydrogen) atoms. The number of hydrogen-bond donors (Lipinski definition) is 4. The Morgan fingerprint density at radius 1 is 1.03 bits per heavy atom. The molecule has 2 aromatic heterocycles. The number of halogens is 1. The van der Waals surface area contributed by atoms with Gasteiger partial charge >= 0.3 is 0 Å². The van der Waals surface area contributed by atoms with Crippen LogP contribution in [-0.2, 0) is 19.9 Å². The lowest BCUT2D eigenvalue weighted by atomic mass is 9.59. The summed E-state index contributed by atoms with van der Waals surface area (Å²) in [6, 6.07) is 16.9. The van der Waals surface area contributed by atoms with E-state index in [1.807, 2.05) is 0 Å². The molecule has 2 saturated carbocycles. The van der Waals surface area contributed by atoms with Crippen molar-refractivity contribution in [3.63, 3.8) is 0 Å². The maximum Gasteiger partial charge on any atom is 0.297 e. The van der Waals surface area contributed by atoms with Crippen LogP contribution in [0, 0.1) is 27.3 Å². The fourth-order valence-electron chi connectivity index (χ4n) is 12.2. The number of nitrogens with zero attached hydrogens (tertiary/aromatic N) is 4. The molecule has 2 saturated heterocycles. The van der Waals surface area contributed by atoms with Crippen molar-refractivity contribution >= 4 is 53.9 Å². The predicted molar refractivity (Wildman–Crippen MR) is 271 cm³/mol. The highest BCUT2D eigenvalue weighted by atomic mass is 32.2. The van der Waals surface area contributed by atoms with Crippen LogP contribution >= 0.6 is 0 Å². The summed E-state index contributed by atoms with van der Waals surface area (Å²) in [6.07, 6.45) is 11.8. The van der Waals surface area contributed by atoms with E-state index < -0.39 is 52.7 Å². The highest BCUT2D eigenvalue weighted by molar-refractivity contribution is 7.90. The third-order valence-corrected chi connectivity index (χ3v) is 18.4. The maximum atomic E-state index is 14.7. The van der Waals surface area contributed by atoms with Gasteiger partial charge in [0.05, 0.1) is 44.4 Å². The van der Waals surface area contributed by atoms with E-state index in [9.17, 15) is 41.2 Å². The molecule has 3 aliphatic heterocycles. The molecule has 1 spiro atoms. The highest BCUT2D eigenvalue weighted by Crippen LogP contribution is 2.56. The number of piperidine rings is 1. The molecule has 1 amide bonds. The number of benzene rings is 3.